The lowest BCUT2D eigenvalue weighted by atomic mass is 10.1. The fourth-order valence-electron chi connectivity index (χ4n) is 0.574. The molecule has 3 heteroatoms. The van der Waals surface area contributed by atoms with E-state index in [1.807, 2.05) is 0 Å². The van der Waals surface area contributed by atoms with Crippen LogP contribution in [-0.2, 0) is 9.59 Å². The van der Waals surface area contributed by atoms with Gasteiger partial charge in [0.15, 0.2) is 0 Å². The topological polar surface area (TPSA) is 54.4 Å². The Morgan fingerprint density at radius 1 is 1.60 bits per heavy atom. The lowest BCUT2D eigenvalue weighted by molar-refractivity contribution is -0.132. The number of carboxylic acid groups (broad SMARTS) is 1. The molecule has 0 aliphatic rings. The molecule has 0 aromatic rings. The van der Waals surface area contributed by atoms with Gasteiger partial charge in [-0.25, -0.2) is 4.79 Å². The van der Waals surface area contributed by atoms with E-state index in [-0.39, 0.29) is 5.57 Å². The van der Waals surface area contributed by atoms with E-state index in [1.54, 1.807) is 6.92 Å². The normalized spacial score (nSPS) is 12.2. The zero-order valence-corrected chi connectivity index (χ0v) is 6.05. The van der Waals surface area contributed by atoms with Crippen LogP contribution in [0.5, 0.6) is 0 Å². The Morgan fingerprint density at radius 2 is 2.10 bits per heavy atom. The van der Waals surface area contributed by atoms with E-state index in [4.69, 9.17) is 5.11 Å². The fourth-order valence-corrected chi connectivity index (χ4v) is 0.574. The minimum Gasteiger partial charge on any atom is -0.478 e. The van der Waals surface area contributed by atoms with Crippen LogP contribution >= 0.6 is 0 Å². The average Bonchev–Trinajstić information content (AvgIpc) is 1.90. The van der Waals surface area contributed by atoms with Crippen LogP contribution in [0, 0.1) is 0 Å². The van der Waals surface area contributed by atoms with Gasteiger partial charge in [-0.2, -0.15) is 0 Å². The standard InChI is InChI=1S/C7H10O3/c1-3-6(4-8)5(2)7(9)10/h4H,3H2,1-2H3,(H,9,10)/b6-5-. The SMILES string of the molecule is CC/C(C=O)=C(\C)C(=O)O. The first-order chi connectivity index (χ1) is 4.63. The number of carboxylic acids is 1. The molecule has 0 unspecified atom stereocenters. The maximum atomic E-state index is 10.2. The molecule has 0 fully saturated rings. The summed E-state index contributed by atoms with van der Waals surface area (Å²) in [7, 11) is 0. The zero-order valence-electron chi connectivity index (χ0n) is 6.05. The fraction of sp³-hybridized carbons (Fsp3) is 0.429. The van der Waals surface area contributed by atoms with Crippen LogP contribution in [0.15, 0.2) is 11.1 Å². The predicted octanol–water partition coefficient (Wildman–Crippen LogP) is 0.996. The van der Waals surface area contributed by atoms with Crippen molar-refractivity contribution in [3.8, 4) is 0 Å². The molecule has 0 spiro atoms. The number of carbonyl (C=O) groups excluding carboxylic acids is 1. The average molecular weight is 142 g/mol. The maximum Gasteiger partial charge on any atom is 0.331 e. The molecule has 0 aliphatic carbocycles. The molecular formula is C7H10O3. The Balaban J connectivity index is 4.59. The van der Waals surface area contributed by atoms with Crippen molar-refractivity contribution in [1.82, 2.24) is 0 Å². The van der Waals surface area contributed by atoms with E-state index >= 15 is 0 Å². The van der Waals surface area contributed by atoms with Crippen LogP contribution in [0.3, 0.4) is 0 Å². The zero-order chi connectivity index (χ0) is 8.15. The smallest absolute Gasteiger partial charge is 0.331 e. The minimum atomic E-state index is -1.02. The molecule has 0 aromatic carbocycles. The van der Waals surface area contributed by atoms with Gasteiger partial charge in [0.25, 0.3) is 0 Å². The number of hydrogen-bond acceptors (Lipinski definition) is 2. The molecule has 0 heterocycles. The number of rotatable bonds is 3. The highest BCUT2D eigenvalue weighted by molar-refractivity contribution is 5.93. The molecule has 0 saturated heterocycles. The van der Waals surface area contributed by atoms with Gasteiger partial charge in [-0.05, 0) is 13.3 Å². The molecule has 0 radical (unpaired) electrons. The van der Waals surface area contributed by atoms with Crippen LogP contribution in [-0.4, -0.2) is 17.4 Å². The van der Waals surface area contributed by atoms with E-state index in [0.717, 1.165) is 0 Å². The van der Waals surface area contributed by atoms with E-state index < -0.39 is 5.97 Å². The van der Waals surface area contributed by atoms with Crippen molar-refractivity contribution >= 4 is 12.3 Å². The van der Waals surface area contributed by atoms with Gasteiger partial charge in [0.2, 0.25) is 0 Å². The van der Waals surface area contributed by atoms with E-state index in [2.05, 4.69) is 0 Å². The summed E-state index contributed by atoms with van der Waals surface area (Å²) in [6.45, 7) is 3.17. The van der Waals surface area contributed by atoms with Gasteiger partial charge in [0, 0.05) is 11.1 Å². The molecule has 0 aromatic heterocycles. The lowest BCUT2D eigenvalue weighted by Crippen LogP contribution is -2.01. The minimum absolute atomic E-state index is 0.137. The van der Waals surface area contributed by atoms with Gasteiger partial charge >= 0.3 is 5.97 Å². The number of aldehydes is 1. The van der Waals surface area contributed by atoms with Crippen molar-refractivity contribution in [2.75, 3.05) is 0 Å². The number of allylic oxidation sites excluding steroid dienone is 1. The third kappa shape index (κ3) is 2.01. The monoisotopic (exact) mass is 142 g/mol. The molecule has 10 heavy (non-hydrogen) atoms. The van der Waals surface area contributed by atoms with E-state index in [1.165, 1.54) is 6.92 Å². The molecule has 0 bridgehead atoms. The Bertz CT molecular complexity index is 179. The second-order valence-corrected chi connectivity index (χ2v) is 1.93. The summed E-state index contributed by atoms with van der Waals surface area (Å²) < 4.78 is 0. The Labute approximate surface area is 59.4 Å². The van der Waals surface area contributed by atoms with Gasteiger partial charge in [-0.3, -0.25) is 4.79 Å². The summed E-state index contributed by atoms with van der Waals surface area (Å²) in [6.07, 6.45) is 1.06. The highest BCUT2D eigenvalue weighted by atomic mass is 16.4. The lowest BCUT2D eigenvalue weighted by Gasteiger charge is -1.96. The quantitative estimate of drug-likeness (QED) is 0.472. The molecule has 0 rings (SSSR count). The van der Waals surface area contributed by atoms with E-state index in [9.17, 15) is 9.59 Å². The molecule has 1 N–H and O–H groups in total. The molecule has 3 nitrogen and oxygen atoms in total. The first-order valence-corrected chi connectivity index (χ1v) is 3.01. The molecule has 56 valence electrons. The van der Waals surface area contributed by atoms with Crippen LogP contribution in [0.25, 0.3) is 0 Å². The number of carbonyl (C=O) groups is 2. The van der Waals surface area contributed by atoms with Gasteiger partial charge in [-0.1, -0.05) is 6.92 Å². The van der Waals surface area contributed by atoms with Crippen LogP contribution < -0.4 is 0 Å². The van der Waals surface area contributed by atoms with E-state index in [0.29, 0.717) is 18.3 Å². The van der Waals surface area contributed by atoms with Crippen molar-refractivity contribution in [1.29, 1.82) is 0 Å². The van der Waals surface area contributed by atoms with Gasteiger partial charge in [0.1, 0.15) is 6.29 Å². The first-order valence-electron chi connectivity index (χ1n) is 3.01. The van der Waals surface area contributed by atoms with Gasteiger partial charge in [-0.15, -0.1) is 0 Å². The van der Waals surface area contributed by atoms with Crippen molar-refractivity contribution < 1.29 is 14.7 Å². The first kappa shape index (κ1) is 8.88. The van der Waals surface area contributed by atoms with Crippen molar-refractivity contribution in [2.45, 2.75) is 20.3 Å². The third-order valence-electron chi connectivity index (χ3n) is 1.33. The highest BCUT2D eigenvalue weighted by Gasteiger charge is 2.05. The maximum absolute atomic E-state index is 10.2. The van der Waals surface area contributed by atoms with Crippen molar-refractivity contribution in [3.05, 3.63) is 11.1 Å². The summed E-state index contributed by atoms with van der Waals surface area (Å²) >= 11 is 0. The number of aliphatic carboxylic acids is 1. The molecular weight excluding hydrogens is 132 g/mol. The summed E-state index contributed by atoms with van der Waals surface area (Å²) in [5.74, 6) is -1.02. The molecule has 0 atom stereocenters. The summed E-state index contributed by atoms with van der Waals surface area (Å²) in [6, 6.07) is 0. The summed E-state index contributed by atoms with van der Waals surface area (Å²) in [5.41, 5.74) is 0.491. The van der Waals surface area contributed by atoms with Crippen molar-refractivity contribution in [3.63, 3.8) is 0 Å². The second kappa shape index (κ2) is 3.82. The highest BCUT2D eigenvalue weighted by Crippen LogP contribution is 2.04. The van der Waals surface area contributed by atoms with Crippen LogP contribution in [0.2, 0.25) is 0 Å². The second-order valence-electron chi connectivity index (χ2n) is 1.93. The van der Waals surface area contributed by atoms with Crippen LogP contribution in [0.1, 0.15) is 20.3 Å². The number of hydrogen-bond donors (Lipinski definition) is 1. The Kier molecular flexibility index (Phi) is 3.39. The van der Waals surface area contributed by atoms with Gasteiger partial charge < -0.3 is 5.11 Å². The molecule has 0 amide bonds. The largest absolute Gasteiger partial charge is 0.478 e. The Hall–Kier alpha value is -1.12. The third-order valence-corrected chi connectivity index (χ3v) is 1.33. The van der Waals surface area contributed by atoms with Gasteiger partial charge in [0.05, 0.1) is 0 Å². The van der Waals surface area contributed by atoms with Crippen molar-refractivity contribution in [2.24, 2.45) is 0 Å². The predicted molar refractivity (Wildman–Crippen MR) is 36.7 cm³/mol. The summed E-state index contributed by atoms with van der Waals surface area (Å²) in [4.78, 5) is 20.4. The molecule has 0 aliphatic heterocycles. The Morgan fingerprint density at radius 3 is 2.20 bits per heavy atom. The molecule has 0 saturated carbocycles. The van der Waals surface area contributed by atoms with Crippen LogP contribution in [0.4, 0.5) is 0 Å². The summed E-state index contributed by atoms with van der Waals surface area (Å²) in [5, 5.41) is 8.40.